The Hall–Kier alpha value is -1.60. The van der Waals surface area contributed by atoms with Crippen molar-refractivity contribution in [3.63, 3.8) is 0 Å². The van der Waals surface area contributed by atoms with Crippen molar-refractivity contribution in [3.8, 4) is 0 Å². The van der Waals surface area contributed by atoms with Crippen LogP contribution in [0.3, 0.4) is 0 Å². The van der Waals surface area contributed by atoms with Crippen LogP contribution in [0.1, 0.15) is 38.5 Å². The summed E-state index contributed by atoms with van der Waals surface area (Å²) in [6, 6.07) is -0.406. The molecule has 24 heavy (non-hydrogen) atoms. The lowest BCUT2D eigenvalue weighted by molar-refractivity contribution is -0.132. The average molecular weight is 339 g/mol. The van der Waals surface area contributed by atoms with Crippen molar-refractivity contribution >= 4 is 11.9 Å². The van der Waals surface area contributed by atoms with Crippen molar-refractivity contribution in [1.29, 1.82) is 0 Å². The molecule has 2 rings (SSSR count). The number of ether oxygens (including phenoxy) is 1. The first-order valence-corrected chi connectivity index (χ1v) is 8.71. The van der Waals surface area contributed by atoms with Crippen LogP contribution in [0.25, 0.3) is 0 Å². The summed E-state index contributed by atoms with van der Waals surface area (Å²) in [5, 5.41) is 15.4. The molecular weight excluding hydrogens is 310 g/mol. The maximum absolute atomic E-state index is 12.1. The highest BCUT2D eigenvalue weighted by molar-refractivity contribution is 5.76. The largest absolute Gasteiger partial charge is 0.394 e. The van der Waals surface area contributed by atoms with Gasteiger partial charge in [-0.15, -0.1) is 0 Å². The molecule has 0 saturated heterocycles. The summed E-state index contributed by atoms with van der Waals surface area (Å²) < 4.78 is 5.73. The van der Waals surface area contributed by atoms with Crippen molar-refractivity contribution in [3.05, 3.63) is 12.2 Å². The monoisotopic (exact) mass is 339 g/mol. The first-order valence-electron chi connectivity index (χ1n) is 8.71. The van der Waals surface area contributed by atoms with Crippen LogP contribution in [0.5, 0.6) is 0 Å². The molecule has 3 amide bonds. The van der Waals surface area contributed by atoms with Gasteiger partial charge in [0.1, 0.15) is 6.10 Å². The zero-order valence-electron chi connectivity index (χ0n) is 14.5. The fourth-order valence-corrected chi connectivity index (χ4v) is 3.12. The third-order valence-corrected chi connectivity index (χ3v) is 4.58. The fraction of sp³-hybridized carbons (Fsp3) is 0.765. The molecule has 0 unspecified atom stereocenters. The summed E-state index contributed by atoms with van der Waals surface area (Å²) in [7, 11) is 3.39. The van der Waals surface area contributed by atoms with Gasteiger partial charge in [0, 0.05) is 20.1 Å². The second-order valence-corrected chi connectivity index (χ2v) is 6.75. The molecule has 0 aromatic carbocycles. The first kappa shape index (κ1) is 18.7. The zero-order valence-corrected chi connectivity index (χ0v) is 14.5. The Morgan fingerprint density at radius 3 is 2.50 bits per heavy atom. The lowest BCUT2D eigenvalue weighted by atomic mass is 9.96. The highest BCUT2D eigenvalue weighted by Gasteiger charge is 2.29. The molecule has 2 aliphatic rings. The topological polar surface area (TPSA) is 90.9 Å². The Labute approximate surface area is 143 Å². The lowest BCUT2D eigenvalue weighted by Crippen LogP contribution is -2.53. The molecule has 1 fully saturated rings. The molecule has 0 spiro atoms. The highest BCUT2D eigenvalue weighted by atomic mass is 16.5. The maximum atomic E-state index is 12.1. The number of nitrogens with zero attached hydrogens (tertiary/aromatic N) is 1. The molecule has 7 heteroatoms. The van der Waals surface area contributed by atoms with Gasteiger partial charge in [0.2, 0.25) is 5.91 Å². The summed E-state index contributed by atoms with van der Waals surface area (Å²) in [6.07, 6.45) is 8.45. The summed E-state index contributed by atoms with van der Waals surface area (Å²) in [4.78, 5) is 25.4. The number of nitrogens with one attached hydrogen (secondary N) is 2. The molecule has 1 saturated carbocycles. The molecule has 3 atom stereocenters. The van der Waals surface area contributed by atoms with Crippen molar-refractivity contribution in [2.24, 2.45) is 0 Å². The number of carbonyl (C=O) groups excluding carboxylic acids is 2. The summed E-state index contributed by atoms with van der Waals surface area (Å²) in [6.45, 7) is -0.217. The summed E-state index contributed by atoms with van der Waals surface area (Å²) in [5.41, 5.74) is 0. The van der Waals surface area contributed by atoms with Crippen LogP contribution in [-0.2, 0) is 9.53 Å². The van der Waals surface area contributed by atoms with E-state index in [0.29, 0.717) is 0 Å². The number of amides is 3. The van der Waals surface area contributed by atoms with E-state index in [1.807, 2.05) is 0 Å². The lowest BCUT2D eigenvalue weighted by Gasteiger charge is -2.32. The van der Waals surface area contributed by atoms with Gasteiger partial charge in [-0.1, -0.05) is 31.4 Å². The van der Waals surface area contributed by atoms with E-state index in [9.17, 15) is 14.7 Å². The quantitative estimate of drug-likeness (QED) is 0.646. The van der Waals surface area contributed by atoms with Gasteiger partial charge < -0.3 is 25.4 Å². The molecule has 0 bridgehead atoms. The highest BCUT2D eigenvalue weighted by Crippen LogP contribution is 2.18. The molecule has 1 aliphatic carbocycles. The predicted octanol–water partition coefficient (Wildman–Crippen LogP) is 0.781. The Morgan fingerprint density at radius 1 is 1.17 bits per heavy atom. The number of carbonyl (C=O) groups is 2. The smallest absolute Gasteiger partial charge is 0.315 e. The fourth-order valence-electron chi connectivity index (χ4n) is 3.12. The van der Waals surface area contributed by atoms with Gasteiger partial charge >= 0.3 is 6.03 Å². The Balaban J connectivity index is 1.85. The van der Waals surface area contributed by atoms with Crippen LogP contribution in [0.2, 0.25) is 0 Å². The third-order valence-electron chi connectivity index (χ3n) is 4.58. The Bertz CT molecular complexity index is 461. The second-order valence-electron chi connectivity index (χ2n) is 6.75. The molecule has 0 aromatic heterocycles. The third kappa shape index (κ3) is 5.49. The second kappa shape index (κ2) is 9.03. The number of aliphatic hydroxyl groups is 1. The Kier molecular flexibility index (Phi) is 7.05. The van der Waals surface area contributed by atoms with Gasteiger partial charge in [0.25, 0.3) is 0 Å². The van der Waals surface area contributed by atoms with E-state index in [2.05, 4.69) is 10.6 Å². The molecule has 1 aliphatic heterocycles. The van der Waals surface area contributed by atoms with Crippen molar-refractivity contribution in [1.82, 2.24) is 15.5 Å². The van der Waals surface area contributed by atoms with Gasteiger partial charge in [-0.25, -0.2) is 4.79 Å². The molecule has 0 aromatic rings. The van der Waals surface area contributed by atoms with Gasteiger partial charge in [-0.05, 0) is 12.8 Å². The number of urea groups is 1. The minimum Gasteiger partial charge on any atom is -0.394 e. The van der Waals surface area contributed by atoms with Crippen molar-refractivity contribution in [2.75, 3.05) is 20.7 Å². The average Bonchev–Trinajstić information content (AvgIpc) is 2.56. The first-order chi connectivity index (χ1) is 11.5. The standard InChI is InChI=1S/C17H29N3O4/c1-20(2)16(22)10-13-8-9-14(15(11-21)24-13)19-17(23)18-12-6-4-3-5-7-12/h8-9,12-15,21H,3-7,10-11H2,1-2H3,(H2,18,19,23)/t13-,14-,15+/m0/s1. The van der Waals surface area contributed by atoms with E-state index in [4.69, 9.17) is 4.74 Å². The summed E-state index contributed by atoms with van der Waals surface area (Å²) >= 11 is 0. The van der Waals surface area contributed by atoms with E-state index in [-0.39, 0.29) is 37.1 Å². The van der Waals surface area contributed by atoms with Gasteiger partial charge in [0.15, 0.2) is 0 Å². The molecule has 1 heterocycles. The van der Waals surface area contributed by atoms with Crippen LogP contribution in [0.15, 0.2) is 12.2 Å². The van der Waals surface area contributed by atoms with Gasteiger partial charge in [-0.3, -0.25) is 4.79 Å². The molecule has 3 N–H and O–H groups in total. The zero-order chi connectivity index (χ0) is 17.5. The van der Waals surface area contributed by atoms with Crippen molar-refractivity contribution in [2.45, 2.75) is 62.8 Å². The maximum Gasteiger partial charge on any atom is 0.315 e. The number of hydrogen-bond acceptors (Lipinski definition) is 4. The SMILES string of the molecule is CN(C)C(=O)C[C@@H]1C=C[C@H](NC(=O)NC2CCCCC2)[C@@H](CO)O1. The minimum atomic E-state index is -0.549. The van der Waals surface area contributed by atoms with E-state index in [1.54, 1.807) is 26.2 Å². The van der Waals surface area contributed by atoms with Crippen LogP contribution in [-0.4, -0.2) is 66.9 Å². The number of aliphatic hydroxyl groups excluding tert-OH is 1. The number of hydrogen-bond donors (Lipinski definition) is 3. The molecule has 136 valence electrons. The van der Waals surface area contributed by atoms with Crippen LogP contribution < -0.4 is 10.6 Å². The van der Waals surface area contributed by atoms with E-state index in [0.717, 1.165) is 25.7 Å². The van der Waals surface area contributed by atoms with Gasteiger partial charge in [-0.2, -0.15) is 0 Å². The van der Waals surface area contributed by atoms with Crippen LogP contribution >= 0.6 is 0 Å². The van der Waals surface area contributed by atoms with Gasteiger partial charge in [0.05, 0.1) is 25.2 Å². The number of rotatable bonds is 5. The minimum absolute atomic E-state index is 0.0391. The normalized spacial score (nSPS) is 27.5. The van der Waals surface area contributed by atoms with Crippen LogP contribution in [0.4, 0.5) is 4.79 Å². The molecule has 0 radical (unpaired) electrons. The molecular formula is C17H29N3O4. The van der Waals surface area contributed by atoms with Crippen LogP contribution in [0, 0.1) is 0 Å². The van der Waals surface area contributed by atoms with Crippen molar-refractivity contribution < 1.29 is 19.4 Å². The predicted molar refractivity (Wildman–Crippen MR) is 90.5 cm³/mol. The van der Waals surface area contributed by atoms with E-state index in [1.165, 1.54) is 11.3 Å². The van der Waals surface area contributed by atoms with E-state index < -0.39 is 12.1 Å². The Morgan fingerprint density at radius 2 is 1.88 bits per heavy atom. The molecule has 7 nitrogen and oxygen atoms in total. The van der Waals surface area contributed by atoms with E-state index >= 15 is 0 Å². The summed E-state index contributed by atoms with van der Waals surface area (Å²) in [5.74, 6) is -0.0391.